The first-order chi connectivity index (χ1) is 11.6. The summed E-state index contributed by atoms with van der Waals surface area (Å²) in [5, 5.41) is 2.30. The van der Waals surface area contributed by atoms with Crippen molar-refractivity contribution in [1.29, 1.82) is 0 Å². The van der Waals surface area contributed by atoms with E-state index in [0.29, 0.717) is 6.61 Å². The van der Waals surface area contributed by atoms with E-state index in [-0.39, 0.29) is 12.4 Å². The molecule has 0 aliphatic carbocycles. The van der Waals surface area contributed by atoms with E-state index in [1.54, 1.807) is 0 Å². The van der Waals surface area contributed by atoms with Crippen LogP contribution >= 0.6 is 0 Å². The van der Waals surface area contributed by atoms with E-state index in [4.69, 9.17) is 4.74 Å². The first kappa shape index (κ1) is 15.1. The largest absolute Gasteiger partial charge is 0.369 e. The van der Waals surface area contributed by atoms with Crippen molar-refractivity contribution < 1.29 is 9.53 Å². The highest BCUT2D eigenvalue weighted by Crippen LogP contribution is 2.40. The van der Waals surface area contributed by atoms with E-state index < -0.39 is 0 Å². The minimum atomic E-state index is 0.0800. The number of ether oxygens (including phenoxy) is 1. The molecule has 0 saturated carbocycles. The Morgan fingerprint density at radius 3 is 2.29 bits per heavy atom. The highest BCUT2D eigenvalue weighted by atomic mass is 16.5. The SMILES string of the molecule is Cc1cc(C)c(-c2c3c(cc4ccccc24)COCC3=O)c(C)c1. The summed E-state index contributed by atoms with van der Waals surface area (Å²) < 4.78 is 5.48. The monoisotopic (exact) mass is 316 g/mol. The van der Waals surface area contributed by atoms with Crippen molar-refractivity contribution in [3.63, 3.8) is 0 Å². The van der Waals surface area contributed by atoms with Crippen molar-refractivity contribution in [1.82, 2.24) is 0 Å². The van der Waals surface area contributed by atoms with Crippen LogP contribution in [0.2, 0.25) is 0 Å². The van der Waals surface area contributed by atoms with Crippen molar-refractivity contribution in [2.75, 3.05) is 6.61 Å². The second kappa shape index (κ2) is 5.57. The van der Waals surface area contributed by atoms with Gasteiger partial charge in [0, 0.05) is 11.1 Å². The number of ketones is 1. The molecule has 0 saturated heterocycles. The van der Waals surface area contributed by atoms with E-state index in [1.807, 2.05) is 12.1 Å². The maximum atomic E-state index is 12.7. The molecule has 2 nitrogen and oxygen atoms in total. The third-order valence-corrected chi connectivity index (χ3v) is 4.83. The normalized spacial score (nSPS) is 14.0. The predicted molar refractivity (Wildman–Crippen MR) is 97.6 cm³/mol. The van der Waals surface area contributed by atoms with Crippen LogP contribution in [0.25, 0.3) is 21.9 Å². The van der Waals surface area contributed by atoms with E-state index in [9.17, 15) is 4.79 Å². The molecule has 0 aromatic heterocycles. The lowest BCUT2D eigenvalue weighted by atomic mass is 9.83. The van der Waals surface area contributed by atoms with Gasteiger partial charge in [0.05, 0.1) is 6.61 Å². The van der Waals surface area contributed by atoms with Crippen LogP contribution in [0, 0.1) is 20.8 Å². The molecule has 1 aliphatic heterocycles. The van der Waals surface area contributed by atoms with Crippen LogP contribution in [0.3, 0.4) is 0 Å². The first-order valence-corrected chi connectivity index (χ1v) is 8.30. The van der Waals surface area contributed by atoms with Gasteiger partial charge in [-0.05, 0) is 59.9 Å². The number of Topliss-reactive ketones (excluding diaryl/α,β-unsaturated/α-hetero) is 1. The van der Waals surface area contributed by atoms with Gasteiger partial charge in [-0.3, -0.25) is 4.79 Å². The van der Waals surface area contributed by atoms with Crippen molar-refractivity contribution in [3.8, 4) is 11.1 Å². The van der Waals surface area contributed by atoms with Crippen molar-refractivity contribution >= 4 is 16.6 Å². The van der Waals surface area contributed by atoms with Crippen LogP contribution in [0.1, 0.15) is 32.6 Å². The number of carbonyl (C=O) groups excluding carboxylic acids is 1. The van der Waals surface area contributed by atoms with Gasteiger partial charge >= 0.3 is 0 Å². The summed E-state index contributed by atoms with van der Waals surface area (Å²) >= 11 is 0. The zero-order valence-electron chi connectivity index (χ0n) is 14.3. The van der Waals surface area contributed by atoms with E-state index in [2.05, 4.69) is 51.1 Å². The van der Waals surface area contributed by atoms with Crippen molar-refractivity contribution in [3.05, 3.63) is 70.3 Å². The first-order valence-electron chi connectivity index (χ1n) is 8.30. The smallest absolute Gasteiger partial charge is 0.189 e. The number of rotatable bonds is 1. The molecule has 1 aliphatic rings. The maximum Gasteiger partial charge on any atom is 0.189 e. The lowest BCUT2D eigenvalue weighted by Gasteiger charge is -2.23. The minimum Gasteiger partial charge on any atom is -0.369 e. The molecule has 3 aromatic rings. The van der Waals surface area contributed by atoms with Crippen LogP contribution in [-0.2, 0) is 11.3 Å². The molecule has 0 amide bonds. The summed E-state index contributed by atoms with van der Waals surface area (Å²) in [6, 6.07) is 14.8. The molecule has 120 valence electrons. The van der Waals surface area contributed by atoms with E-state index in [0.717, 1.165) is 27.5 Å². The molecule has 0 radical (unpaired) electrons. The van der Waals surface area contributed by atoms with E-state index >= 15 is 0 Å². The average Bonchev–Trinajstić information content (AvgIpc) is 2.53. The number of hydrogen-bond acceptors (Lipinski definition) is 2. The lowest BCUT2D eigenvalue weighted by molar-refractivity contribution is 0.0667. The Morgan fingerprint density at radius 1 is 0.833 bits per heavy atom. The van der Waals surface area contributed by atoms with Crippen LogP contribution in [0.4, 0.5) is 0 Å². The fourth-order valence-corrected chi connectivity index (χ4v) is 4.00. The summed E-state index contributed by atoms with van der Waals surface area (Å²) in [7, 11) is 0. The molecule has 0 spiro atoms. The summed E-state index contributed by atoms with van der Waals surface area (Å²) in [4.78, 5) is 12.7. The topological polar surface area (TPSA) is 26.3 Å². The van der Waals surface area contributed by atoms with Gasteiger partial charge in [-0.25, -0.2) is 0 Å². The van der Waals surface area contributed by atoms with Crippen molar-refractivity contribution in [2.24, 2.45) is 0 Å². The Labute approximate surface area is 142 Å². The summed E-state index contributed by atoms with van der Waals surface area (Å²) in [5.74, 6) is 0.0800. The third-order valence-electron chi connectivity index (χ3n) is 4.83. The van der Waals surface area contributed by atoms with Gasteiger partial charge in [-0.2, -0.15) is 0 Å². The second-order valence-corrected chi connectivity index (χ2v) is 6.70. The van der Waals surface area contributed by atoms with Crippen LogP contribution in [0.15, 0.2) is 42.5 Å². The molecule has 0 atom stereocenters. The second-order valence-electron chi connectivity index (χ2n) is 6.70. The molecule has 1 heterocycles. The average molecular weight is 316 g/mol. The fraction of sp³-hybridized carbons (Fsp3) is 0.227. The number of fused-ring (bicyclic) bond motifs is 2. The zero-order chi connectivity index (χ0) is 16.8. The molecule has 3 aromatic carbocycles. The van der Waals surface area contributed by atoms with Gasteiger partial charge in [0.2, 0.25) is 0 Å². The summed E-state index contributed by atoms with van der Waals surface area (Å²) in [5.41, 5.74) is 7.78. The van der Waals surface area contributed by atoms with Gasteiger partial charge in [0.25, 0.3) is 0 Å². The van der Waals surface area contributed by atoms with Crippen LogP contribution in [0.5, 0.6) is 0 Å². The quantitative estimate of drug-likeness (QED) is 0.621. The van der Waals surface area contributed by atoms with E-state index in [1.165, 1.54) is 22.3 Å². The molecule has 4 rings (SSSR count). The van der Waals surface area contributed by atoms with Gasteiger partial charge in [-0.15, -0.1) is 0 Å². The Balaban J connectivity index is 2.19. The highest BCUT2D eigenvalue weighted by molar-refractivity contribution is 6.13. The molecule has 0 unspecified atom stereocenters. The number of hydrogen-bond donors (Lipinski definition) is 0. The third kappa shape index (κ3) is 2.26. The molecule has 2 heteroatoms. The van der Waals surface area contributed by atoms with Gasteiger partial charge in [0.1, 0.15) is 6.61 Å². The fourth-order valence-electron chi connectivity index (χ4n) is 4.00. The highest BCUT2D eigenvalue weighted by Gasteiger charge is 2.25. The lowest BCUT2D eigenvalue weighted by Crippen LogP contribution is -2.19. The van der Waals surface area contributed by atoms with Gasteiger partial charge in [-0.1, -0.05) is 42.0 Å². The molecule has 0 bridgehead atoms. The van der Waals surface area contributed by atoms with Crippen LogP contribution in [-0.4, -0.2) is 12.4 Å². The molecule has 0 fully saturated rings. The van der Waals surface area contributed by atoms with Crippen LogP contribution < -0.4 is 0 Å². The number of aryl methyl sites for hydroxylation is 3. The maximum absolute atomic E-state index is 12.7. The zero-order valence-corrected chi connectivity index (χ0v) is 14.3. The Kier molecular flexibility index (Phi) is 3.50. The Bertz CT molecular complexity index is 960. The molecular weight excluding hydrogens is 296 g/mol. The summed E-state index contributed by atoms with van der Waals surface area (Å²) in [6.45, 7) is 7.05. The summed E-state index contributed by atoms with van der Waals surface area (Å²) in [6.07, 6.45) is 0. The Morgan fingerprint density at radius 2 is 1.54 bits per heavy atom. The van der Waals surface area contributed by atoms with Gasteiger partial charge < -0.3 is 4.74 Å². The molecular formula is C22H20O2. The Hall–Kier alpha value is -2.45. The van der Waals surface area contributed by atoms with Gasteiger partial charge in [0.15, 0.2) is 5.78 Å². The minimum absolute atomic E-state index is 0.0800. The van der Waals surface area contributed by atoms with Crippen molar-refractivity contribution in [2.45, 2.75) is 27.4 Å². The molecule has 0 N–H and O–H groups in total. The number of carbonyl (C=O) groups is 1. The standard InChI is InChI=1S/C22H20O2/c1-13-8-14(2)20(15(3)9-13)22-18-7-5-4-6-16(18)10-17-11-24-12-19(23)21(17)22/h4-10H,11-12H2,1-3H3. The molecule has 24 heavy (non-hydrogen) atoms. The number of benzene rings is 3. The predicted octanol–water partition coefficient (Wildman–Crippen LogP) is 5.14.